The molecule has 0 atom stereocenters. The quantitative estimate of drug-likeness (QED) is 0.844. The molecule has 0 bridgehead atoms. The van der Waals surface area contributed by atoms with Gasteiger partial charge in [-0.15, -0.1) is 0 Å². The molecule has 7 heteroatoms. The third-order valence-corrected chi connectivity index (χ3v) is 3.09. The molecular weight excluding hydrogens is 317 g/mol. The molecule has 2 N–H and O–H groups in total. The van der Waals surface area contributed by atoms with Crippen LogP contribution >= 0.6 is 11.6 Å². The molecule has 0 saturated carbocycles. The van der Waals surface area contributed by atoms with Crippen molar-refractivity contribution >= 4 is 23.3 Å². The van der Waals surface area contributed by atoms with Gasteiger partial charge in [-0.3, -0.25) is 0 Å². The molecule has 3 nitrogen and oxygen atoms in total. The molecule has 2 aromatic rings. The lowest BCUT2D eigenvalue weighted by atomic mass is 10.1. The molecule has 2 rings (SSSR count). The van der Waals surface area contributed by atoms with Gasteiger partial charge >= 0.3 is 12.2 Å². The van der Waals surface area contributed by atoms with Crippen molar-refractivity contribution in [2.75, 3.05) is 5.32 Å². The summed E-state index contributed by atoms with van der Waals surface area (Å²) in [5.41, 5.74) is 0.412. The molecule has 116 valence electrons. The fraction of sp³-hybridized carbons (Fsp3) is 0.133. The maximum atomic E-state index is 12.4. The molecule has 0 spiro atoms. The van der Waals surface area contributed by atoms with E-state index in [1.165, 1.54) is 12.1 Å². The highest BCUT2D eigenvalue weighted by Crippen LogP contribution is 2.29. The summed E-state index contributed by atoms with van der Waals surface area (Å²) in [5, 5.41) is 5.69. The Morgan fingerprint density at radius 3 is 2.14 bits per heavy atom. The van der Waals surface area contributed by atoms with Crippen molar-refractivity contribution in [3.05, 3.63) is 64.7 Å². The predicted octanol–water partition coefficient (Wildman–Crippen LogP) is 4.68. The molecule has 0 aliphatic carbocycles. The Morgan fingerprint density at radius 2 is 1.59 bits per heavy atom. The number of benzene rings is 2. The Balaban J connectivity index is 1.87. The number of halogens is 4. The Bertz CT molecular complexity index is 639. The minimum absolute atomic E-state index is 0.123. The molecule has 0 aliphatic rings. The van der Waals surface area contributed by atoms with Gasteiger partial charge in [0.15, 0.2) is 0 Å². The van der Waals surface area contributed by atoms with Crippen LogP contribution in [0.1, 0.15) is 11.1 Å². The van der Waals surface area contributed by atoms with Gasteiger partial charge in [0.05, 0.1) is 5.56 Å². The monoisotopic (exact) mass is 328 g/mol. The number of nitrogens with one attached hydrogen (secondary N) is 2. The molecular formula is C15H12ClF3N2O. The van der Waals surface area contributed by atoms with Crippen molar-refractivity contribution in [3.8, 4) is 0 Å². The smallest absolute Gasteiger partial charge is 0.334 e. The van der Waals surface area contributed by atoms with Crippen molar-refractivity contribution in [2.24, 2.45) is 0 Å². The number of hydrogen-bond donors (Lipinski definition) is 2. The van der Waals surface area contributed by atoms with Gasteiger partial charge in [-0.1, -0.05) is 23.7 Å². The molecule has 22 heavy (non-hydrogen) atoms. The zero-order valence-corrected chi connectivity index (χ0v) is 12.0. The second kappa shape index (κ2) is 6.70. The number of alkyl halides is 3. The van der Waals surface area contributed by atoms with Crippen LogP contribution in [0.5, 0.6) is 0 Å². The van der Waals surface area contributed by atoms with Crippen LogP contribution in [-0.4, -0.2) is 6.03 Å². The van der Waals surface area contributed by atoms with E-state index in [1.807, 2.05) is 0 Å². The average molecular weight is 329 g/mol. The number of rotatable bonds is 3. The first kappa shape index (κ1) is 16.2. The molecule has 2 amide bonds. The van der Waals surface area contributed by atoms with E-state index in [4.69, 9.17) is 11.6 Å². The van der Waals surface area contributed by atoms with E-state index in [0.29, 0.717) is 16.3 Å². The summed E-state index contributed by atoms with van der Waals surface area (Å²) in [5.74, 6) is 0. The second-order valence-electron chi connectivity index (χ2n) is 4.51. The lowest BCUT2D eigenvalue weighted by molar-refractivity contribution is -0.137. The number of hydrogen-bond acceptors (Lipinski definition) is 1. The van der Waals surface area contributed by atoms with Crippen LogP contribution in [0.25, 0.3) is 0 Å². The highest BCUT2D eigenvalue weighted by Gasteiger charge is 2.29. The lowest BCUT2D eigenvalue weighted by Crippen LogP contribution is -2.28. The van der Waals surface area contributed by atoms with Crippen molar-refractivity contribution < 1.29 is 18.0 Å². The van der Waals surface area contributed by atoms with Gasteiger partial charge < -0.3 is 10.6 Å². The van der Waals surface area contributed by atoms with E-state index in [0.717, 1.165) is 12.1 Å². The van der Waals surface area contributed by atoms with Gasteiger partial charge in [-0.2, -0.15) is 13.2 Å². The summed E-state index contributed by atoms with van der Waals surface area (Å²) in [4.78, 5) is 11.7. The average Bonchev–Trinajstić information content (AvgIpc) is 2.47. The number of carbonyl (C=O) groups is 1. The molecule has 0 saturated heterocycles. The van der Waals surface area contributed by atoms with Crippen molar-refractivity contribution in [3.63, 3.8) is 0 Å². The van der Waals surface area contributed by atoms with Crippen LogP contribution in [0.4, 0.5) is 23.7 Å². The molecule has 0 fully saturated rings. The summed E-state index contributed by atoms with van der Waals surface area (Å²) in [6, 6.07) is 10.7. The van der Waals surface area contributed by atoms with Crippen molar-refractivity contribution in [1.29, 1.82) is 0 Å². The maximum absolute atomic E-state index is 12.4. The predicted molar refractivity (Wildman–Crippen MR) is 78.8 cm³/mol. The Labute approximate surface area is 130 Å². The number of urea groups is 1. The molecule has 0 heterocycles. The number of amides is 2. The minimum Gasteiger partial charge on any atom is -0.334 e. The standard InChI is InChI=1S/C15H12ClF3N2O/c16-12-5-7-13(8-6-12)21-14(22)20-9-10-1-3-11(4-2-10)15(17,18)19/h1-8H,9H2,(H2,20,21,22). The first-order chi connectivity index (χ1) is 10.3. The summed E-state index contributed by atoms with van der Waals surface area (Å²) in [6.45, 7) is 0.123. The highest BCUT2D eigenvalue weighted by molar-refractivity contribution is 6.30. The van der Waals surface area contributed by atoms with Crippen molar-refractivity contribution in [1.82, 2.24) is 5.32 Å². The SMILES string of the molecule is O=C(NCc1ccc(C(F)(F)F)cc1)Nc1ccc(Cl)cc1. The third kappa shape index (κ3) is 4.66. The van der Waals surface area contributed by atoms with Crippen LogP contribution in [-0.2, 0) is 12.7 Å². The topological polar surface area (TPSA) is 41.1 Å². The van der Waals surface area contributed by atoms with Gasteiger partial charge in [0.2, 0.25) is 0 Å². The fourth-order valence-electron chi connectivity index (χ4n) is 1.70. The fourth-order valence-corrected chi connectivity index (χ4v) is 1.83. The summed E-state index contributed by atoms with van der Waals surface area (Å²) in [6.07, 6.45) is -4.36. The first-order valence-electron chi connectivity index (χ1n) is 6.31. The molecule has 0 aromatic heterocycles. The van der Waals surface area contributed by atoms with Gasteiger partial charge in [-0.25, -0.2) is 4.79 Å². The Kier molecular flexibility index (Phi) is 4.92. The van der Waals surface area contributed by atoms with Gasteiger partial charge in [0, 0.05) is 17.3 Å². The van der Waals surface area contributed by atoms with E-state index in [1.54, 1.807) is 24.3 Å². The zero-order chi connectivity index (χ0) is 16.2. The molecule has 0 aliphatic heterocycles. The number of anilines is 1. The summed E-state index contributed by atoms with van der Waals surface area (Å²) >= 11 is 5.73. The summed E-state index contributed by atoms with van der Waals surface area (Å²) in [7, 11) is 0. The number of carbonyl (C=O) groups excluding carboxylic acids is 1. The minimum atomic E-state index is -4.36. The largest absolute Gasteiger partial charge is 0.416 e. The van der Waals surface area contributed by atoms with E-state index in [9.17, 15) is 18.0 Å². The zero-order valence-electron chi connectivity index (χ0n) is 11.2. The van der Waals surface area contributed by atoms with Crippen LogP contribution in [0.2, 0.25) is 5.02 Å². The summed E-state index contributed by atoms with van der Waals surface area (Å²) < 4.78 is 37.2. The van der Waals surface area contributed by atoms with E-state index in [2.05, 4.69) is 10.6 Å². The Morgan fingerprint density at radius 1 is 1.00 bits per heavy atom. The normalized spacial score (nSPS) is 11.1. The van der Waals surface area contributed by atoms with Gasteiger partial charge in [0.1, 0.15) is 0 Å². The molecule has 0 radical (unpaired) electrons. The van der Waals surface area contributed by atoms with Gasteiger partial charge in [-0.05, 0) is 42.0 Å². The molecule has 2 aromatic carbocycles. The van der Waals surface area contributed by atoms with Gasteiger partial charge in [0.25, 0.3) is 0 Å². The first-order valence-corrected chi connectivity index (χ1v) is 6.69. The highest BCUT2D eigenvalue weighted by atomic mass is 35.5. The van der Waals surface area contributed by atoms with Crippen molar-refractivity contribution in [2.45, 2.75) is 12.7 Å². The van der Waals surface area contributed by atoms with E-state index < -0.39 is 17.8 Å². The van der Waals surface area contributed by atoms with Crippen LogP contribution in [0.15, 0.2) is 48.5 Å². The molecule has 0 unspecified atom stereocenters. The van der Waals surface area contributed by atoms with Crippen LogP contribution < -0.4 is 10.6 Å². The van der Waals surface area contributed by atoms with Crippen LogP contribution in [0.3, 0.4) is 0 Å². The second-order valence-corrected chi connectivity index (χ2v) is 4.95. The Hall–Kier alpha value is -2.21. The van der Waals surface area contributed by atoms with E-state index >= 15 is 0 Å². The lowest BCUT2D eigenvalue weighted by Gasteiger charge is -2.09. The maximum Gasteiger partial charge on any atom is 0.416 e. The van der Waals surface area contributed by atoms with E-state index in [-0.39, 0.29) is 6.54 Å². The van der Waals surface area contributed by atoms with Crippen LogP contribution in [0, 0.1) is 0 Å². The third-order valence-electron chi connectivity index (χ3n) is 2.84.